The predicted molar refractivity (Wildman–Crippen MR) is 102 cm³/mol. The average Bonchev–Trinajstić information content (AvgIpc) is 3.01. The normalized spacial score (nSPS) is 20.3. The Morgan fingerprint density at radius 3 is 2.75 bits per heavy atom. The van der Waals surface area contributed by atoms with Gasteiger partial charge in [0.2, 0.25) is 15.0 Å². The maximum absolute atomic E-state index is 12.9. The van der Waals surface area contributed by atoms with Crippen LogP contribution >= 0.6 is 0 Å². The van der Waals surface area contributed by atoms with E-state index in [9.17, 15) is 8.42 Å². The van der Waals surface area contributed by atoms with Gasteiger partial charge >= 0.3 is 0 Å². The van der Waals surface area contributed by atoms with E-state index in [0.717, 1.165) is 49.4 Å². The molecule has 4 rings (SSSR count). The molecule has 0 radical (unpaired) electrons. The van der Waals surface area contributed by atoms with Crippen LogP contribution in [0.5, 0.6) is 0 Å². The summed E-state index contributed by atoms with van der Waals surface area (Å²) in [7, 11) is -1.42. The Labute approximate surface area is 165 Å². The summed E-state index contributed by atoms with van der Waals surface area (Å²) in [6.07, 6.45) is 5.70. The van der Waals surface area contributed by atoms with Crippen molar-refractivity contribution in [2.75, 3.05) is 19.4 Å². The minimum atomic E-state index is -3.39. The molecule has 154 valence electrons. The second-order valence-electron chi connectivity index (χ2n) is 8.11. The number of sulfone groups is 1. The van der Waals surface area contributed by atoms with Gasteiger partial charge in [0.05, 0.1) is 42.5 Å². The molecule has 0 unspecified atom stereocenters. The van der Waals surface area contributed by atoms with Gasteiger partial charge in [-0.25, -0.2) is 13.4 Å². The molecule has 28 heavy (non-hydrogen) atoms. The molecule has 0 spiro atoms. The lowest BCUT2D eigenvalue weighted by Gasteiger charge is -2.19. The van der Waals surface area contributed by atoms with Crippen molar-refractivity contribution in [2.45, 2.75) is 63.5 Å². The van der Waals surface area contributed by atoms with Gasteiger partial charge in [-0.15, -0.1) is 0 Å². The number of hydrogen-bond acceptors (Lipinski definition) is 7. The van der Waals surface area contributed by atoms with Crippen LogP contribution in [0.2, 0.25) is 0 Å². The molecule has 2 aromatic heterocycles. The highest BCUT2D eigenvalue weighted by atomic mass is 32.2. The maximum atomic E-state index is 12.9. The van der Waals surface area contributed by atoms with Crippen molar-refractivity contribution >= 4 is 9.84 Å². The summed E-state index contributed by atoms with van der Waals surface area (Å²) in [5, 5.41) is 4.11. The van der Waals surface area contributed by atoms with Crippen LogP contribution in [0.4, 0.5) is 0 Å². The molecular formula is C19H28N4O4S. The first-order valence-corrected chi connectivity index (χ1v) is 11.6. The van der Waals surface area contributed by atoms with Crippen LogP contribution in [-0.4, -0.2) is 53.5 Å². The summed E-state index contributed by atoms with van der Waals surface area (Å²) in [5.74, 6) is 1.27. The molecule has 0 N–H and O–H groups in total. The third-order valence-corrected chi connectivity index (χ3v) is 7.07. The van der Waals surface area contributed by atoms with Gasteiger partial charge in [0, 0.05) is 19.2 Å². The smallest absolute Gasteiger partial charge is 0.227 e. The Kier molecular flexibility index (Phi) is 5.57. The zero-order valence-electron chi connectivity index (χ0n) is 16.5. The Morgan fingerprint density at radius 1 is 1.29 bits per heavy atom. The lowest BCUT2D eigenvalue weighted by atomic mass is 10.2. The van der Waals surface area contributed by atoms with Crippen LogP contribution in [0, 0.1) is 12.8 Å². The van der Waals surface area contributed by atoms with E-state index in [1.54, 1.807) is 6.20 Å². The van der Waals surface area contributed by atoms with Crippen LogP contribution in [-0.2, 0) is 34.2 Å². The lowest BCUT2D eigenvalue weighted by Crippen LogP contribution is -2.25. The first-order valence-electron chi connectivity index (χ1n) is 9.90. The summed E-state index contributed by atoms with van der Waals surface area (Å²) >= 11 is 0. The van der Waals surface area contributed by atoms with Gasteiger partial charge in [0.25, 0.3) is 0 Å². The number of nitrogens with zero attached hydrogens (tertiary/aromatic N) is 4. The molecule has 0 bridgehead atoms. The van der Waals surface area contributed by atoms with E-state index in [1.807, 2.05) is 24.6 Å². The molecular weight excluding hydrogens is 380 g/mol. The van der Waals surface area contributed by atoms with E-state index >= 15 is 0 Å². The second kappa shape index (κ2) is 7.96. The highest BCUT2D eigenvalue weighted by Crippen LogP contribution is 2.32. The molecule has 9 heteroatoms. The minimum Gasteiger partial charge on any atom is -0.376 e. The summed E-state index contributed by atoms with van der Waals surface area (Å²) in [6, 6.07) is 1.91. The third kappa shape index (κ3) is 4.64. The van der Waals surface area contributed by atoms with Crippen molar-refractivity contribution in [3.8, 4) is 0 Å². The van der Waals surface area contributed by atoms with Gasteiger partial charge in [-0.3, -0.25) is 4.90 Å². The number of imidazole rings is 1. The fourth-order valence-electron chi connectivity index (χ4n) is 3.71. The number of ether oxygens (including phenoxy) is 1. The van der Waals surface area contributed by atoms with Crippen LogP contribution in [0.1, 0.15) is 42.8 Å². The number of aryl methyl sites for hydroxylation is 1. The van der Waals surface area contributed by atoms with E-state index < -0.39 is 9.84 Å². The molecule has 1 saturated carbocycles. The van der Waals surface area contributed by atoms with Crippen molar-refractivity contribution in [1.29, 1.82) is 0 Å². The van der Waals surface area contributed by atoms with Crippen molar-refractivity contribution in [1.82, 2.24) is 19.6 Å². The largest absolute Gasteiger partial charge is 0.376 e. The average molecular weight is 409 g/mol. The van der Waals surface area contributed by atoms with E-state index in [0.29, 0.717) is 25.6 Å². The fraction of sp³-hybridized carbons (Fsp3) is 0.684. The Bertz CT molecular complexity index is 910. The molecule has 0 amide bonds. The molecule has 1 aliphatic heterocycles. The molecule has 2 aliphatic rings. The van der Waals surface area contributed by atoms with Crippen LogP contribution < -0.4 is 0 Å². The highest BCUT2D eigenvalue weighted by molar-refractivity contribution is 7.91. The van der Waals surface area contributed by atoms with Gasteiger partial charge in [0.15, 0.2) is 5.76 Å². The summed E-state index contributed by atoms with van der Waals surface area (Å²) in [4.78, 5) is 6.40. The summed E-state index contributed by atoms with van der Waals surface area (Å²) < 4.78 is 38.7. The maximum Gasteiger partial charge on any atom is 0.227 e. The van der Waals surface area contributed by atoms with E-state index in [-0.39, 0.29) is 17.0 Å². The number of aromatic nitrogens is 3. The van der Waals surface area contributed by atoms with Gasteiger partial charge in [-0.1, -0.05) is 5.16 Å². The van der Waals surface area contributed by atoms with Gasteiger partial charge in [-0.2, -0.15) is 0 Å². The zero-order valence-corrected chi connectivity index (χ0v) is 17.3. The van der Waals surface area contributed by atoms with Crippen LogP contribution in [0.3, 0.4) is 0 Å². The lowest BCUT2D eigenvalue weighted by molar-refractivity contribution is 0.0933. The molecule has 3 heterocycles. The van der Waals surface area contributed by atoms with Gasteiger partial charge in [-0.05, 0) is 45.6 Å². The molecule has 0 aromatic carbocycles. The standard InChI is InChI=1S/C19H28N4O4S/c1-14-8-18(27-21-14)11-22(2)10-16-9-20-19(28(24,25)13-15-5-6-15)23(16)12-17-4-3-7-26-17/h8-9,15,17H,3-7,10-13H2,1-2H3/t17-/m0/s1. The van der Waals surface area contributed by atoms with Crippen molar-refractivity contribution in [3.05, 3.63) is 29.4 Å². The first kappa shape index (κ1) is 19.6. The monoisotopic (exact) mass is 408 g/mol. The predicted octanol–water partition coefficient (Wildman–Crippen LogP) is 2.17. The second-order valence-corrected chi connectivity index (χ2v) is 10.0. The zero-order chi connectivity index (χ0) is 19.7. The van der Waals surface area contributed by atoms with Crippen LogP contribution in [0.25, 0.3) is 0 Å². The quantitative estimate of drug-likeness (QED) is 0.628. The molecule has 1 saturated heterocycles. The topological polar surface area (TPSA) is 90.5 Å². The van der Waals surface area contributed by atoms with E-state index in [4.69, 9.17) is 9.26 Å². The van der Waals surface area contributed by atoms with Gasteiger partial charge in [0.1, 0.15) is 0 Å². The molecule has 1 atom stereocenters. The van der Waals surface area contributed by atoms with E-state index in [1.165, 1.54) is 0 Å². The SMILES string of the molecule is Cc1cc(CN(C)Cc2cnc(S(=O)(=O)CC3CC3)n2C[C@@H]2CCCO2)on1. The number of rotatable bonds is 9. The van der Waals surface area contributed by atoms with Crippen molar-refractivity contribution in [2.24, 2.45) is 5.92 Å². The Hall–Kier alpha value is -1.71. The summed E-state index contributed by atoms with van der Waals surface area (Å²) in [5.41, 5.74) is 1.73. The Morgan fingerprint density at radius 2 is 2.11 bits per heavy atom. The molecule has 1 aliphatic carbocycles. The number of hydrogen-bond donors (Lipinski definition) is 0. The third-order valence-electron chi connectivity index (χ3n) is 5.28. The van der Waals surface area contributed by atoms with Crippen molar-refractivity contribution in [3.63, 3.8) is 0 Å². The van der Waals surface area contributed by atoms with Crippen LogP contribution in [0.15, 0.2) is 21.9 Å². The molecule has 2 aromatic rings. The van der Waals surface area contributed by atoms with E-state index in [2.05, 4.69) is 15.0 Å². The molecule has 2 fully saturated rings. The Balaban J connectivity index is 1.54. The highest BCUT2D eigenvalue weighted by Gasteiger charge is 2.33. The fourth-order valence-corrected chi connectivity index (χ4v) is 5.56. The van der Waals surface area contributed by atoms with Crippen molar-refractivity contribution < 1.29 is 17.7 Å². The minimum absolute atomic E-state index is 0.0463. The summed E-state index contributed by atoms with van der Waals surface area (Å²) in [6.45, 7) is 4.32. The first-order chi connectivity index (χ1) is 13.4. The van der Waals surface area contributed by atoms with Gasteiger partial charge < -0.3 is 13.8 Å². The molecule has 8 nitrogen and oxygen atoms in total.